The maximum atomic E-state index is 12.2. The third-order valence-corrected chi connectivity index (χ3v) is 3.35. The summed E-state index contributed by atoms with van der Waals surface area (Å²) in [6, 6.07) is 10.7. The first-order valence-corrected chi connectivity index (χ1v) is 7.76. The number of rotatable bonds is 8. The van der Waals surface area contributed by atoms with Gasteiger partial charge in [-0.05, 0) is 30.2 Å². The van der Waals surface area contributed by atoms with E-state index in [0.29, 0.717) is 29.2 Å². The van der Waals surface area contributed by atoms with E-state index in [4.69, 9.17) is 14.2 Å². The molecule has 132 valence electrons. The number of carbonyl (C=O) groups is 1. The van der Waals surface area contributed by atoms with Crippen LogP contribution in [-0.4, -0.2) is 24.6 Å². The number of nitro benzene ring substituents is 1. The Morgan fingerprint density at radius 1 is 1.16 bits per heavy atom. The van der Waals surface area contributed by atoms with Crippen LogP contribution in [0.25, 0.3) is 0 Å². The Morgan fingerprint density at radius 2 is 1.96 bits per heavy atom. The SMILES string of the molecule is CCCOc1ccc(C(=O)OCc2cccc([N+](=O)[O-])c2)cc1OC. The predicted molar refractivity (Wildman–Crippen MR) is 91.0 cm³/mol. The Kier molecular flexibility index (Phi) is 6.33. The number of methoxy groups -OCH3 is 1. The third-order valence-electron chi connectivity index (χ3n) is 3.35. The standard InChI is InChI=1S/C18H19NO6/c1-3-9-24-16-8-7-14(11-17(16)23-2)18(20)25-12-13-5-4-6-15(10-13)19(21)22/h4-8,10-11H,3,9,12H2,1-2H3. The van der Waals surface area contributed by atoms with Gasteiger partial charge in [0, 0.05) is 12.1 Å². The van der Waals surface area contributed by atoms with Crippen LogP contribution in [0.1, 0.15) is 29.3 Å². The molecule has 0 aliphatic carbocycles. The van der Waals surface area contributed by atoms with E-state index in [2.05, 4.69) is 0 Å². The Morgan fingerprint density at radius 3 is 2.64 bits per heavy atom. The van der Waals surface area contributed by atoms with Crippen molar-refractivity contribution in [3.63, 3.8) is 0 Å². The number of hydrogen-bond acceptors (Lipinski definition) is 6. The molecule has 0 amide bonds. The Bertz CT molecular complexity index is 759. The molecule has 0 saturated carbocycles. The molecule has 2 aromatic carbocycles. The van der Waals surface area contributed by atoms with Crippen LogP contribution in [0, 0.1) is 10.1 Å². The summed E-state index contributed by atoms with van der Waals surface area (Å²) >= 11 is 0. The minimum Gasteiger partial charge on any atom is -0.493 e. The highest BCUT2D eigenvalue weighted by atomic mass is 16.6. The first kappa shape index (κ1) is 18.3. The summed E-state index contributed by atoms with van der Waals surface area (Å²) in [5, 5.41) is 10.8. The third kappa shape index (κ3) is 4.94. The van der Waals surface area contributed by atoms with Crippen LogP contribution in [-0.2, 0) is 11.3 Å². The topological polar surface area (TPSA) is 87.9 Å². The van der Waals surface area contributed by atoms with Gasteiger partial charge >= 0.3 is 5.97 Å². The van der Waals surface area contributed by atoms with Crippen molar-refractivity contribution >= 4 is 11.7 Å². The molecule has 0 heterocycles. The van der Waals surface area contributed by atoms with E-state index < -0.39 is 10.9 Å². The molecular formula is C18H19NO6. The highest BCUT2D eigenvalue weighted by molar-refractivity contribution is 5.90. The highest BCUT2D eigenvalue weighted by Crippen LogP contribution is 2.28. The van der Waals surface area contributed by atoms with Crippen LogP contribution in [0.4, 0.5) is 5.69 Å². The molecule has 2 aromatic rings. The zero-order chi connectivity index (χ0) is 18.2. The second kappa shape index (κ2) is 8.68. The van der Waals surface area contributed by atoms with Crippen molar-refractivity contribution in [2.24, 2.45) is 0 Å². The largest absolute Gasteiger partial charge is 0.493 e. The summed E-state index contributed by atoms with van der Waals surface area (Å²) in [5.41, 5.74) is 0.802. The van der Waals surface area contributed by atoms with Crippen molar-refractivity contribution in [3.8, 4) is 11.5 Å². The molecular weight excluding hydrogens is 326 g/mol. The van der Waals surface area contributed by atoms with Crippen LogP contribution < -0.4 is 9.47 Å². The van der Waals surface area contributed by atoms with E-state index in [0.717, 1.165) is 6.42 Å². The van der Waals surface area contributed by atoms with Crippen molar-refractivity contribution in [2.75, 3.05) is 13.7 Å². The molecule has 2 rings (SSSR count). The lowest BCUT2D eigenvalue weighted by molar-refractivity contribution is -0.384. The molecule has 0 spiro atoms. The summed E-state index contributed by atoms with van der Waals surface area (Å²) in [4.78, 5) is 22.4. The predicted octanol–water partition coefficient (Wildman–Crippen LogP) is 3.75. The fraction of sp³-hybridized carbons (Fsp3) is 0.278. The van der Waals surface area contributed by atoms with E-state index in [1.165, 1.54) is 19.2 Å². The van der Waals surface area contributed by atoms with Gasteiger partial charge in [0.1, 0.15) is 6.61 Å². The number of non-ortho nitro benzene ring substituents is 1. The lowest BCUT2D eigenvalue weighted by atomic mass is 10.2. The Labute approximate surface area is 145 Å². The van der Waals surface area contributed by atoms with Crippen molar-refractivity contribution in [1.29, 1.82) is 0 Å². The monoisotopic (exact) mass is 345 g/mol. The number of ether oxygens (including phenoxy) is 3. The summed E-state index contributed by atoms with van der Waals surface area (Å²) in [5.74, 6) is 0.449. The van der Waals surface area contributed by atoms with Gasteiger partial charge in [0.15, 0.2) is 11.5 Å². The van der Waals surface area contributed by atoms with E-state index >= 15 is 0 Å². The van der Waals surface area contributed by atoms with Crippen LogP contribution in [0.2, 0.25) is 0 Å². The van der Waals surface area contributed by atoms with Gasteiger partial charge in [-0.25, -0.2) is 4.79 Å². The zero-order valence-corrected chi connectivity index (χ0v) is 14.1. The van der Waals surface area contributed by atoms with E-state index in [9.17, 15) is 14.9 Å². The molecule has 0 atom stereocenters. The lowest BCUT2D eigenvalue weighted by Crippen LogP contribution is -2.06. The van der Waals surface area contributed by atoms with E-state index in [1.54, 1.807) is 30.3 Å². The number of carbonyl (C=O) groups excluding carboxylic acids is 1. The van der Waals surface area contributed by atoms with Crippen LogP contribution in [0.15, 0.2) is 42.5 Å². The Balaban J connectivity index is 2.05. The molecule has 0 fully saturated rings. The minimum absolute atomic E-state index is 0.0485. The average Bonchev–Trinajstić information content (AvgIpc) is 2.64. The number of nitrogens with zero attached hydrogens (tertiary/aromatic N) is 1. The molecule has 0 aromatic heterocycles. The Hall–Kier alpha value is -3.09. The molecule has 0 N–H and O–H groups in total. The minimum atomic E-state index is -0.549. The van der Waals surface area contributed by atoms with Crippen LogP contribution in [0.3, 0.4) is 0 Å². The number of benzene rings is 2. The molecule has 7 nitrogen and oxygen atoms in total. The van der Waals surface area contributed by atoms with Crippen molar-refractivity contribution in [1.82, 2.24) is 0 Å². The summed E-state index contributed by atoms with van der Waals surface area (Å²) in [6.07, 6.45) is 0.857. The van der Waals surface area contributed by atoms with E-state index in [1.807, 2.05) is 6.92 Å². The van der Waals surface area contributed by atoms with Crippen molar-refractivity contribution < 1.29 is 23.9 Å². The molecule has 7 heteroatoms. The second-order valence-electron chi connectivity index (χ2n) is 5.22. The first-order valence-electron chi connectivity index (χ1n) is 7.76. The molecule has 25 heavy (non-hydrogen) atoms. The summed E-state index contributed by atoms with van der Waals surface area (Å²) in [6.45, 7) is 2.48. The smallest absolute Gasteiger partial charge is 0.338 e. The number of nitro groups is 1. The van der Waals surface area contributed by atoms with Crippen molar-refractivity contribution in [3.05, 3.63) is 63.7 Å². The van der Waals surface area contributed by atoms with Crippen LogP contribution >= 0.6 is 0 Å². The van der Waals surface area contributed by atoms with Gasteiger partial charge in [0.05, 0.1) is 24.2 Å². The van der Waals surface area contributed by atoms with Gasteiger partial charge in [-0.15, -0.1) is 0 Å². The fourth-order valence-corrected chi connectivity index (χ4v) is 2.12. The van der Waals surface area contributed by atoms with Gasteiger partial charge in [-0.2, -0.15) is 0 Å². The lowest BCUT2D eigenvalue weighted by Gasteiger charge is -2.11. The van der Waals surface area contributed by atoms with Gasteiger partial charge in [0.2, 0.25) is 0 Å². The van der Waals surface area contributed by atoms with Gasteiger partial charge in [-0.1, -0.05) is 19.1 Å². The van der Waals surface area contributed by atoms with E-state index in [-0.39, 0.29) is 12.3 Å². The van der Waals surface area contributed by atoms with Gasteiger partial charge in [-0.3, -0.25) is 10.1 Å². The number of esters is 1. The maximum Gasteiger partial charge on any atom is 0.338 e. The maximum absolute atomic E-state index is 12.2. The molecule has 0 saturated heterocycles. The van der Waals surface area contributed by atoms with Gasteiger partial charge < -0.3 is 14.2 Å². The first-order chi connectivity index (χ1) is 12.0. The molecule has 0 radical (unpaired) electrons. The quantitative estimate of drug-likeness (QED) is 0.411. The molecule has 0 unspecified atom stereocenters. The number of hydrogen-bond donors (Lipinski definition) is 0. The molecule has 0 bridgehead atoms. The normalized spacial score (nSPS) is 10.2. The van der Waals surface area contributed by atoms with Crippen LogP contribution in [0.5, 0.6) is 11.5 Å². The second-order valence-corrected chi connectivity index (χ2v) is 5.22. The van der Waals surface area contributed by atoms with Crippen molar-refractivity contribution in [2.45, 2.75) is 20.0 Å². The molecule has 0 aliphatic heterocycles. The summed E-state index contributed by atoms with van der Waals surface area (Å²) < 4.78 is 16.0. The summed E-state index contributed by atoms with van der Waals surface area (Å²) in [7, 11) is 1.49. The molecule has 0 aliphatic rings. The highest BCUT2D eigenvalue weighted by Gasteiger charge is 2.13. The van der Waals surface area contributed by atoms with Gasteiger partial charge in [0.25, 0.3) is 5.69 Å². The average molecular weight is 345 g/mol. The fourth-order valence-electron chi connectivity index (χ4n) is 2.12. The zero-order valence-electron chi connectivity index (χ0n) is 14.1.